The van der Waals surface area contributed by atoms with E-state index in [9.17, 15) is 9.18 Å². The average Bonchev–Trinajstić information content (AvgIpc) is 2.86. The van der Waals surface area contributed by atoms with Crippen LogP contribution in [0.4, 0.5) is 10.1 Å². The van der Waals surface area contributed by atoms with Crippen molar-refractivity contribution < 1.29 is 9.18 Å². The first-order chi connectivity index (χ1) is 9.24. The Morgan fingerprint density at radius 2 is 2.11 bits per heavy atom. The highest BCUT2D eigenvalue weighted by molar-refractivity contribution is 6.04. The van der Waals surface area contributed by atoms with Gasteiger partial charge in [0.25, 0.3) is 5.91 Å². The molecule has 1 N–H and O–H groups in total. The summed E-state index contributed by atoms with van der Waals surface area (Å²) in [5, 5.41) is 6.58. The molecule has 0 unspecified atom stereocenters. The van der Waals surface area contributed by atoms with Crippen molar-refractivity contribution in [3.8, 4) is 0 Å². The number of hydrogen-bond acceptors (Lipinski definition) is 3. The lowest BCUT2D eigenvalue weighted by Gasteiger charge is -2.05. The molecule has 6 heteroatoms. The van der Waals surface area contributed by atoms with Crippen LogP contribution >= 0.6 is 0 Å². The van der Waals surface area contributed by atoms with Crippen LogP contribution in [0.5, 0.6) is 0 Å². The SMILES string of the molecule is O=C(Nc1cnc2ccnn2c1)c1ccccc1F. The highest BCUT2D eigenvalue weighted by atomic mass is 19.1. The Balaban J connectivity index is 1.88. The second-order valence-corrected chi connectivity index (χ2v) is 3.91. The van der Waals surface area contributed by atoms with E-state index in [2.05, 4.69) is 15.4 Å². The van der Waals surface area contributed by atoms with Crippen LogP contribution < -0.4 is 5.32 Å². The van der Waals surface area contributed by atoms with Gasteiger partial charge >= 0.3 is 0 Å². The number of carbonyl (C=O) groups excluding carboxylic acids is 1. The molecule has 1 aromatic carbocycles. The number of anilines is 1. The molecule has 0 radical (unpaired) electrons. The molecule has 0 spiro atoms. The van der Waals surface area contributed by atoms with Gasteiger partial charge in [0.1, 0.15) is 5.82 Å². The summed E-state index contributed by atoms with van der Waals surface area (Å²) in [7, 11) is 0. The molecular formula is C13H9FN4O. The first-order valence-electron chi connectivity index (χ1n) is 5.59. The predicted molar refractivity (Wildman–Crippen MR) is 67.3 cm³/mol. The molecule has 94 valence electrons. The fourth-order valence-electron chi connectivity index (χ4n) is 1.72. The van der Waals surface area contributed by atoms with Crippen LogP contribution in [0.2, 0.25) is 0 Å². The fourth-order valence-corrected chi connectivity index (χ4v) is 1.72. The Hall–Kier alpha value is -2.76. The number of carbonyl (C=O) groups is 1. The lowest BCUT2D eigenvalue weighted by Crippen LogP contribution is -2.14. The molecule has 0 atom stereocenters. The highest BCUT2D eigenvalue weighted by Crippen LogP contribution is 2.11. The fraction of sp³-hybridized carbons (Fsp3) is 0. The third kappa shape index (κ3) is 2.15. The van der Waals surface area contributed by atoms with Crippen molar-refractivity contribution in [3.05, 3.63) is 60.3 Å². The zero-order valence-electron chi connectivity index (χ0n) is 9.75. The predicted octanol–water partition coefficient (Wildman–Crippen LogP) is 2.12. The Labute approximate surface area is 107 Å². The Bertz CT molecular complexity index is 753. The number of hydrogen-bond donors (Lipinski definition) is 1. The molecular weight excluding hydrogens is 247 g/mol. The van der Waals surface area contributed by atoms with Gasteiger partial charge in [-0.25, -0.2) is 13.9 Å². The first-order valence-corrected chi connectivity index (χ1v) is 5.59. The van der Waals surface area contributed by atoms with E-state index in [0.29, 0.717) is 11.3 Å². The molecule has 5 nitrogen and oxygen atoms in total. The van der Waals surface area contributed by atoms with Crippen LogP contribution in [0.1, 0.15) is 10.4 Å². The standard InChI is InChI=1S/C13H9FN4O/c14-11-4-2-1-3-10(11)13(19)17-9-7-15-12-5-6-16-18(12)8-9/h1-8H,(H,17,19). The maximum absolute atomic E-state index is 13.5. The minimum absolute atomic E-state index is 0.0111. The van der Waals surface area contributed by atoms with Crippen molar-refractivity contribution in [1.29, 1.82) is 0 Å². The average molecular weight is 256 g/mol. The van der Waals surface area contributed by atoms with Gasteiger partial charge in [-0.15, -0.1) is 0 Å². The van der Waals surface area contributed by atoms with Gasteiger partial charge in [-0.3, -0.25) is 4.79 Å². The largest absolute Gasteiger partial charge is 0.319 e. The number of benzene rings is 1. The molecule has 0 saturated heterocycles. The van der Waals surface area contributed by atoms with Crippen LogP contribution in [0.3, 0.4) is 0 Å². The maximum Gasteiger partial charge on any atom is 0.258 e. The van der Waals surface area contributed by atoms with E-state index >= 15 is 0 Å². The van der Waals surface area contributed by atoms with Crippen molar-refractivity contribution in [2.45, 2.75) is 0 Å². The second kappa shape index (κ2) is 4.49. The van der Waals surface area contributed by atoms with E-state index in [0.717, 1.165) is 0 Å². The normalized spacial score (nSPS) is 10.6. The minimum atomic E-state index is -0.562. The minimum Gasteiger partial charge on any atom is -0.319 e. The smallest absolute Gasteiger partial charge is 0.258 e. The van der Waals surface area contributed by atoms with Crippen molar-refractivity contribution in [3.63, 3.8) is 0 Å². The molecule has 0 saturated carbocycles. The number of nitrogens with zero attached hydrogens (tertiary/aromatic N) is 3. The van der Waals surface area contributed by atoms with Crippen LogP contribution in [-0.4, -0.2) is 20.5 Å². The molecule has 0 fully saturated rings. The number of aromatic nitrogens is 3. The summed E-state index contributed by atoms with van der Waals surface area (Å²) in [6.45, 7) is 0. The molecule has 0 aliphatic rings. The van der Waals surface area contributed by atoms with Gasteiger partial charge in [-0.1, -0.05) is 12.1 Å². The third-order valence-electron chi connectivity index (χ3n) is 2.62. The van der Waals surface area contributed by atoms with Gasteiger partial charge in [0.15, 0.2) is 5.65 Å². The Kier molecular flexibility index (Phi) is 2.68. The van der Waals surface area contributed by atoms with Gasteiger partial charge < -0.3 is 5.32 Å². The van der Waals surface area contributed by atoms with Gasteiger partial charge in [0.05, 0.1) is 29.8 Å². The summed E-state index contributed by atoms with van der Waals surface area (Å²) >= 11 is 0. The number of amides is 1. The van der Waals surface area contributed by atoms with Crippen LogP contribution in [0.15, 0.2) is 48.9 Å². The highest BCUT2D eigenvalue weighted by Gasteiger charge is 2.11. The molecule has 3 aromatic rings. The molecule has 3 rings (SSSR count). The van der Waals surface area contributed by atoms with Crippen molar-refractivity contribution in [1.82, 2.24) is 14.6 Å². The summed E-state index contributed by atoms with van der Waals surface area (Å²) in [6.07, 6.45) is 4.71. The van der Waals surface area contributed by atoms with Gasteiger partial charge in [0.2, 0.25) is 0 Å². The Morgan fingerprint density at radius 1 is 1.26 bits per heavy atom. The van der Waals surface area contributed by atoms with Crippen LogP contribution in [-0.2, 0) is 0 Å². The topological polar surface area (TPSA) is 59.3 Å². The van der Waals surface area contributed by atoms with Crippen molar-refractivity contribution in [2.24, 2.45) is 0 Å². The van der Waals surface area contributed by atoms with Crippen LogP contribution in [0.25, 0.3) is 5.65 Å². The van der Waals surface area contributed by atoms with E-state index in [-0.39, 0.29) is 5.56 Å². The molecule has 0 aliphatic carbocycles. The zero-order valence-corrected chi connectivity index (χ0v) is 9.75. The molecule has 1 amide bonds. The molecule has 0 aliphatic heterocycles. The zero-order chi connectivity index (χ0) is 13.2. The van der Waals surface area contributed by atoms with Gasteiger partial charge in [-0.05, 0) is 12.1 Å². The maximum atomic E-state index is 13.5. The monoisotopic (exact) mass is 256 g/mol. The molecule has 2 heterocycles. The number of halogens is 1. The van der Waals surface area contributed by atoms with E-state index < -0.39 is 11.7 Å². The quantitative estimate of drug-likeness (QED) is 0.764. The lowest BCUT2D eigenvalue weighted by atomic mass is 10.2. The molecule has 0 bridgehead atoms. The van der Waals surface area contributed by atoms with Crippen LogP contribution in [0, 0.1) is 5.82 Å². The summed E-state index contributed by atoms with van der Waals surface area (Å²) in [5.41, 5.74) is 1.11. The summed E-state index contributed by atoms with van der Waals surface area (Å²) in [6, 6.07) is 7.53. The Morgan fingerprint density at radius 3 is 2.95 bits per heavy atom. The number of fused-ring (bicyclic) bond motifs is 1. The van der Waals surface area contributed by atoms with Crippen molar-refractivity contribution in [2.75, 3.05) is 5.32 Å². The lowest BCUT2D eigenvalue weighted by molar-refractivity contribution is 0.102. The van der Waals surface area contributed by atoms with E-state index in [1.165, 1.54) is 28.9 Å². The summed E-state index contributed by atoms with van der Waals surface area (Å²) < 4.78 is 15.0. The van der Waals surface area contributed by atoms with E-state index in [1.807, 2.05) is 0 Å². The molecule has 2 aromatic heterocycles. The first kappa shape index (κ1) is 11.3. The van der Waals surface area contributed by atoms with Gasteiger partial charge in [-0.2, -0.15) is 5.10 Å². The summed E-state index contributed by atoms with van der Waals surface area (Å²) in [5.74, 6) is -1.08. The molecule has 19 heavy (non-hydrogen) atoms. The van der Waals surface area contributed by atoms with Crippen molar-refractivity contribution >= 4 is 17.2 Å². The van der Waals surface area contributed by atoms with Gasteiger partial charge in [0, 0.05) is 6.07 Å². The number of rotatable bonds is 2. The number of nitrogens with one attached hydrogen (secondary N) is 1. The summed E-state index contributed by atoms with van der Waals surface area (Å²) in [4.78, 5) is 16.0. The third-order valence-corrected chi connectivity index (χ3v) is 2.62. The second-order valence-electron chi connectivity index (χ2n) is 3.91. The van der Waals surface area contributed by atoms with E-state index in [4.69, 9.17) is 0 Å². The van der Waals surface area contributed by atoms with E-state index in [1.54, 1.807) is 24.5 Å².